The minimum absolute atomic E-state index is 0.0449. The highest BCUT2D eigenvalue weighted by Crippen LogP contribution is 2.26. The molecule has 0 bridgehead atoms. The number of amides is 1. The minimum atomic E-state index is -0.654. The number of nitrogens with one attached hydrogen (secondary N) is 1. The van der Waals surface area contributed by atoms with Crippen molar-refractivity contribution >= 4 is 34.9 Å². The summed E-state index contributed by atoms with van der Waals surface area (Å²) in [6, 6.07) is 8.50. The second-order valence-corrected chi connectivity index (χ2v) is 5.53. The number of ether oxygens (including phenoxy) is 1. The van der Waals surface area contributed by atoms with E-state index < -0.39 is 16.8 Å². The summed E-state index contributed by atoms with van der Waals surface area (Å²) < 4.78 is 4.92. The van der Waals surface area contributed by atoms with Crippen LogP contribution in [-0.2, 0) is 4.74 Å². The average molecular weight is 363 g/mol. The van der Waals surface area contributed by atoms with Crippen molar-refractivity contribution in [2.24, 2.45) is 0 Å². The Morgan fingerprint density at radius 2 is 1.88 bits per heavy atom. The van der Waals surface area contributed by atoms with Crippen LogP contribution in [-0.4, -0.2) is 23.4 Å². The third-order valence-corrected chi connectivity index (χ3v) is 3.71. The van der Waals surface area contributed by atoms with Gasteiger partial charge in [-0.2, -0.15) is 0 Å². The molecular weight excluding hydrogens is 348 g/mol. The molecule has 0 heterocycles. The van der Waals surface area contributed by atoms with Crippen LogP contribution in [0.3, 0.4) is 0 Å². The van der Waals surface area contributed by atoms with E-state index in [4.69, 9.17) is 16.3 Å². The van der Waals surface area contributed by atoms with Crippen LogP contribution in [0.1, 0.15) is 33.2 Å². The Balaban J connectivity index is 2.22. The highest BCUT2D eigenvalue weighted by atomic mass is 35.5. The van der Waals surface area contributed by atoms with Gasteiger partial charge in [0.05, 0.1) is 17.1 Å². The zero-order chi connectivity index (χ0) is 18.6. The van der Waals surface area contributed by atoms with E-state index in [1.165, 1.54) is 18.2 Å². The summed E-state index contributed by atoms with van der Waals surface area (Å²) in [6.45, 7) is 3.71. The minimum Gasteiger partial charge on any atom is -0.462 e. The molecule has 0 aliphatic carbocycles. The van der Waals surface area contributed by atoms with Gasteiger partial charge in [-0.15, -0.1) is 0 Å². The molecule has 1 N–H and O–H groups in total. The third-order valence-electron chi connectivity index (χ3n) is 3.39. The fraction of sp³-hybridized carbons (Fsp3) is 0.176. The van der Waals surface area contributed by atoms with Crippen molar-refractivity contribution in [3.8, 4) is 0 Å². The molecule has 0 spiro atoms. The summed E-state index contributed by atoms with van der Waals surface area (Å²) in [6.07, 6.45) is 0. The van der Waals surface area contributed by atoms with E-state index >= 15 is 0 Å². The van der Waals surface area contributed by atoms with E-state index in [2.05, 4.69) is 5.32 Å². The third kappa shape index (κ3) is 4.33. The van der Waals surface area contributed by atoms with E-state index in [0.717, 1.165) is 6.07 Å². The van der Waals surface area contributed by atoms with Crippen molar-refractivity contribution in [3.63, 3.8) is 0 Å². The molecule has 0 unspecified atom stereocenters. The van der Waals surface area contributed by atoms with Crippen molar-refractivity contribution in [3.05, 3.63) is 68.2 Å². The summed E-state index contributed by atoms with van der Waals surface area (Å²) in [7, 11) is 0. The molecule has 1 amide bonds. The molecule has 0 radical (unpaired) electrons. The zero-order valence-corrected chi connectivity index (χ0v) is 14.3. The van der Waals surface area contributed by atoms with E-state index in [9.17, 15) is 19.7 Å². The van der Waals surface area contributed by atoms with Gasteiger partial charge >= 0.3 is 5.97 Å². The van der Waals surface area contributed by atoms with E-state index in [1.807, 2.05) is 0 Å². The van der Waals surface area contributed by atoms with Gasteiger partial charge in [0, 0.05) is 17.3 Å². The van der Waals surface area contributed by atoms with E-state index in [1.54, 1.807) is 26.0 Å². The van der Waals surface area contributed by atoms with Crippen LogP contribution >= 0.6 is 11.6 Å². The number of halogens is 1. The van der Waals surface area contributed by atoms with Crippen LogP contribution in [0.15, 0.2) is 36.4 Å². The number of carbonyl (C=O) groups excluding carboxylic acids is 2. The number of hydrogen-bond donors (Lipinski definition) is 1. The second kappa shape index (κ2) is 7.76. The molecule has 25 heavy (non-hydrogen) atoms. The molecule has 0 aromatic heterocycles. The maximum Gasteiger partial charge on any atom is 0.338 e. The molecule has 2 rings (SSSR count). The Labute approximate surface area is 148 Å². The number of rotatable bonds is 5. The predicted molar refractivity (Wildman–Crippen MR) is 93.2 cm³/mol. The first-order valence-electron chi connectivity index (χ1n) is 7.36. The molecule has 8 heteroatoms. The van der Waals surface area contributed by atoms with Crippen molar-refractivity contribution in [2.45, 2.75) is 13.8 Å². The standard InChI is InChI=1S/C17H15ClN2O5/c1-3-25-17(22)12-5-7-14(10(2)8-12)19-16(21)11-4-6-13(18)15(9-11)20(23)24/h4-9H,3H2,1-2H3,(H,19,21). The molecule has 0 aliphatic heterocycles. The number of anilines is 1. The van der Waals surface area contributed by atoms with Gasteiger partial charge < -0.3 is 10.1 Å². The molecule has 2 aromatic carbocycles. The monoisotopic (exact) mass is 362 g/mol. The summed E-state index contributed by atoms with van der Waals surface area (Å²) in [4.78, 5) is 34.3. The first-order valence-corrected chi connectivity index (χ1v) is 7.74. The van der Waals surface area contributed by atoms with Crippen molar-refractivity contribution in [1.29, 1.82) is 0 Å². The maximum absolute atomic E-state index is 12.3. The van der Waals surface area contributed by atoms with Gasteiger partial charge in [-0.25, -0.2) is 4.79 Å². The van der Waals surface area contributed by atoms with Crippen LogP contribution in [0.4, 0.5) is 11.4 Å². The molecular formula is C17H15ClN2O5. The van der Waals surface area contributed by atoms with Crippen molar-refractivity contribution < 1.29 is 19.2 Å². The molecule has 2 aromatic rings. The molecule has 130 valence electrons. The number of esters is 1. The molecule has 0 aliphatic rings. The van der Waals surface area contributed by atoms with Crippen LogP contribution < -0.4 is 5.32 Å². The van der Waals surface area contributed by atoms with Gasteiger partial charge in [0.25, 0.3) is 11.6 Å². The maximum atomic E-state index is 12.3. The number of carbonyl (C=O) groups is 2. The fourth-order valence-corrected chi connectivity index (χ4v) is 2.32. The van der Waals surface area contributed by atoms with Gasteiger partial charge in [-0.05, 0) is 49.7 Å². The van der Waals surface area contributed by atoms with Crippen molar-refractivity contribution in [2.75, 3.05) is 11.9 Å². The normalized spacial score (nSPS) is 10.2. The highest BCUT2D eigenvalue weighted by Gasteiger charge is 2.17. The zero-order valence-electron chi connectivity index (χ0n) is 13.5. The Bertz CT molecular complexity index is 851. The number of benzene rings is 2. The molecule has 0 saturated carbocycles. The number of nitro benzene ring substituents is 1. The largest absolute Gasteiger partial charge is 0.462 e. The number of nitrogens with zero attached hydrogens (tertiary/aromatic N) is 1. The first kappa shape index (κ1) is 18.4. The van der Waals surface area contributed by atoms with Gasteiger partial charge in [-0.3, -0.25) is 14.9 Å². The van der Waals surface area contributed by atoms with Gasteiger partial charge in [-0.1, -0.05) is 11.6 Å². The Hall–Kier alpha value is -2.93. The quantitative estimate of drug-likeness (QED) is 0.492. The molecule has 7 nitrogen and oxygen atoms in total. The molecule has 0 saturated heterocycles. The summed E-state index contributed by atoms with van der Waals surface area (Å²) in [5, 5.41) is 13.5. The van der Waals surface area contributed by atoms with Crippen LogP contribution in [0.25, 0.3) is 0 Å². The summed E-state index contributed by atoms with van der Waals surface area (Å²) in [5.41, 5.74) is 1.27. The first-order chi connectivity index (χ1) is 11.8. The van der Waals surface area contributed by atoms with Gasteiger partial charge in [0.1, 0.15) is 5.02 Å². The predicted octanol–water partition coefficient (Wildman–Crippen LogP) is 3.99. The van der Waals surface area contributed by atoms with Crippen LogP contribution in [0, 0.1) is 17.0 Å². The Kier molecular flexibility index (Phi) is 5.71. The Morgan fingerprint density at radius 3 is 2.48 bits per heavy atom. The smallest absolute Gasteiger partial charge is 0.338 e. The fourth-order valence-electron chi connectivity index (χ4n) is 2.13. The SMILES string of the molecule is CCOC(=O)c1ccc(NC(=O)c2ccc(Cl)c([N+](=O)[O-])c2)c(C)c1. The lowest BCUT2D eigenvalue weighted by atomic mass is 10.1. The van der Waals surface area contributed by atoms with Crippen LogP contribution in [0.5, 0.6) is 0 Å². The number of nitro groups is 1. The van der Waals surface area contributed by atoms with Gasteiger partial charge in [0.2, 0.25) is 0 Å². The highest BCUT2D eigenvalue weighted by molar-refractivity contribution is 6.32. The van der Waals surface area contributed by atoms with E-state index in [-0.39, 0.29) is 22.9 Å². The van der Waals surface area contributed by atoms with Crippen LogP contribution in [0.2, 0.25) is 5.02 Å². The lowest BCUT2D eigenvalue weighted by Crippen LogP contribution is -2.13. The summed E-state index contributed by atoms with van der Waals surface area (Å²) in [5.74, 6) is -0.969. The second-order valence-electron chi connectivity index (χ2n) is 5.13. The van der Waals surface area contributed by atoms with Crippen molar-refractivity contribution in [1.82, 2.24) is 0 Å². The number of hydrogen-bond acceptors (Lipinski definition) is 5. The topological polar surface area (TPSA) is 98.5 Å². The molecule has 0 atom stereocenters. The van der Waals surface area contributed by atoms with Gasteiger partial charge in [0.15, 0.2) is 0 Å². The average Bonchev–Trinajstić information content (AvgIpc) is 2.56. The molecule has 0 fully saturated rings. The Morgan fingerprint density at radius 1 is 1.20 bits per heavy atom. The van der Waals surface area contributed by atoms with E-state index in [0.29, 0.717) is 16.8 Å². The number of aryl methyl sites for hydroxylation is 1. The summed E-state index contributed by atoms with van der Waals surface area (Å²) >= 11 is 5.74. The lowest BCUT2D eigenvalue weighted by molar-refractivity contribution is -0.384. The lowest BCUT2D eigenvalue weighted by Gasteiger charge is -2.10.